The van der Waals surface area contributed by atoms with E-state index in [9.17, 15) is 4.79 Å². The van der Waals surface area contributed by atoms with Gasteiger partial charge in [0.05, 0.1) is 5.75 Å². The number of rotatable bonds is 6. The summed E-state index contributed by atoms with van der Waals surface area (Å²) in [6.45, 7) is 1.97. The van der Waals surface area contributed by atoms with Crippen LogP contribution >= 0.6 is 23.4 Å². The molecule has 0 aliphatic carbocycles. The first-order chi connectivity index (χ1) is 9.63. The normalized spacial score (nSPS) is 12.1. The standard InChI is InChI=1S/C13H15ClN4OS/c1-9(5-10-3-2-4-11(14)6-10)17-12(19)7-20-13-15-8-16-18-13/h2-4,6,8-9H,5,7H2,1H3,(H,17,19)(H,15,16,18). The zero-order valence-electron chi connectivity index (χ0n) is 11.0. The molecule has 0 fully saturated rings. The Balaban J connectivity index is 1.76. The molecule has 7 heteroatoms. The van der Waals surface area contributed by atoms with E-state index < -0.39 is 0 Å². The lowest BCUT2D eigenvalue weighted by atomic mass is 10.1. The minimum Gasteiger partial charge on any atom is -0.353 e. The molecule has 0 aliphatic rings. The number of carbonyl (C=O) groups is 1. The largest absolute Gasteiger partial charge is 0.353 e. The van der Waals surface area contributed by atoms with E-state index in [1.165, 1.54) is 18.1 Å². The maximum Gasteiger partial charge on any atom is 0.230 e. The smallest absolute Gasteiger partial charge is 0.230 e. The van der Waals surface area contributed by atoms with E-state index in [0.717, 1.165) is 12.0 Å². The van der Waals surface area contributed by atoms with Gasteiger partial charge in [-0.1, -0.05) is 35.5 Å². The van der Waals surface area contributed by atoms with Gasteiger partial charge < -0.3 is 5.32 Å². The number of nitrogens with one attached hydrogen (secondary N) is 2. The van der Waals surface area contributed by atoms with Crippen LogP contribution in [-0.4, -0.2) is 32.9 Å². The second kappa shape index (κ2) is 7.31. The number of aromatic amines is 1. The lowest BCUT2D eigenvalue weighted by Gasteiger charge is -2.13. The summed E-state index contributed by atoms with van der Waals surface area (Å²) in [5.41, 5.74) is 1.10. The number of carbonyl (C=O) groups excluding carboxylic acids is 1. The van der Waals surface area contributed by atoms with Gasteiger partial charge in [-0.2, -0.15) is 5.10 Å². The fourth-order valence-corrected chi connectivity index (χ4v) is 2.59. The fourth-order valence-electron chi connectivity index (χ4n) is 1.78. The molecule has 5 nitrogen and oxygen atoms in total. The average Bonchev–Trinajstić information content (AvgIpc) is 2.89. The van der Waals surface area contributed by atoms with E-state index in [1.54, 1.807) is 0 Å². The third-order valence-electron chi connectivity index (χ3n) is 2.57. The Morgan fingerprint density at radius 3 is 3.10 bits per heavy atom. The lowest BCUT2D eigenvalue weighted by Crippen LogP contribution is -2.35. The molecule has 1 unspecified atom stereocenters. The maximum atomic E-state index is 11.8. The number of aromatic nitrogens is 3. The maximum absolute atomic E-state index is 11.8. The molecule has 1 aromatic heterocycles. The van der Waals surface area contributed by atoms with Crippen molar-refractivity contribution in [3.05, 3.63) is 41.2 Å². The monoisotopic (exact) mass is 310 g/mol. The average molecular weight is 311 g/mol. The van der Waals surface area contributed by atoms with Gasteiger partial charge in [0, 0.05) is 11.1 Å². The number of thioether (sulfide) groups is 1. The molecule has 0 saturated heterocycles. The third kappa shape index (κ3) is 4.86. The van der Waals surface area contributed by atoms with Crippen LogP contribution in [0.4, 0.5) is 0 Å². The van der Waals surface area contributed by atoms with Crippen LogP contribution in [0.5, 0.6) is 0 Å². The van der Waals surface area contributed by atoms with Crippen molar-refractivity contribution >= 4 is 29.3 Å². The first-order valence-corrected chi connectivity index (χ1v) is 7.52. The summed E-state index contributed by atoms with van der Waals surface area (Å²) in [6, 6.07) is 7.70. The third-order valence-corrected chi connectivity index (χ3v) is 3.68. The minimum atomic E-state index is -0.0269. The van der Waals surface area contributed by atoms with E-state index in [4.69, 9.17) is 11.6 Å². The van der Waals surface area contributed by atoms with Crippen molar-refractivity contribution in [1.29, 1.82) is 0 Å². The number of hydrogen-bond donors (Lipinski definition) is 2. The van der Waals surface area contributed by atoms with Gasteiger partial charge in [0.2, 0.25) is 5.91 Å². The fraction of sp³-hybridized carbons (Fsp3) is 0.308. The number of hydrogen-bond acceptors (Lipinski definition) is 4. The Bertz CT molecular complexity index is 561. The van der Waals surface area contributed by atoms with Crippen LogP contribution in [0.1, 0.15) is 12.5 Å². The number of amides is 1. The van der Waals surface area contributed by atoms with Gasteiger partial charge in [0.15, 0.2) is 5.16 Å². The zero-order valence-corrected chi connectivity index (χ0v) is 12.5. The molecule has 0 bridgehead atoms. The van der Waals surface area contributed by atoms with Crippen LogP contribution in [0.3, 0.4) is 0 Å². The first-order valence-electron chi connectivity index (χ1n) is 6.15. The summed E-state index contributed by atoms with van der Waals surface area (Å²) in [4.78, 5) is 15.7. The van der Waals surface area contributed by atoms with E-state index >= 15 is 0 Å². The van der Waals surface area contributed by atoms with E-state index in [1.807, 2.05) is 31.2 Å². The van der Waals surface area contributed by atoms with Crippen molar-refractivity contribution < 1.29 is 4.79 Å². The minimum absolute atomic E-state index is 0.0269. The molecule has 1 aromatic carbocycles. The van der Waals surface area contributed by atoms with E-state index in [2.05, 4.69) is 20.5 Å². The second-order valence-corrected chi connectivity index (χ2v) is 5.78. The molecule has 106 valence electrons. The number of halogens is 1. The summed E-state index contributed by atoms with van der Waals surface area (Å²) in [5.74, 6) is 0.288. The molecule has 20 heavy (non-hydrogen) atoms. The van der Waals surface area contributed by atoms with Crippen LogP contribution in [0.2, 0.25) is 5.02 Å². The Morgan fingerprint density at radius 1 is 1.55 bits per heavy atom. The zero-order chi connectivity index (χ0) is 14.4. The molecule has 2 rings (SSSR count). The number of nitrogens with zero attached hydrogens (tertiary/aromatic N) is 2. The molecule has 1 amide bonds. The second-order valence-electron chi connectivity index (χ2n) is 4.38. The molecule has 1 heterocycles. The van der Waals surface area contributed by atoms with Crippen LogP contribution in [-0.2, 0) is 11.2 Å². The van der Waals surface area contributed by atoms with Gasteiger partial charge in [-0.05, 0) is 31.0 Å². The summed E-state index contributed by atoms with van der Waals surface area (Å²) < 4.78 is 0. The van der Waals surface area contributed by atoms with Gasteiger partial charge in [0.25, 0.3) is 0 Å². The molecule has 0 saturated carbocycles. The summed E-state index contributed by atoms with van der Waals surface area (Å²) in [5, 5.41) is 10.7. The highest BCUT2D eigenvalue weighted by molar-refractivity contribution is 7.99. The topological polar surface area (TPSA) is 70.7 Å². The Hall–Kier alpha value is -1.53. The molecule has 0 spiro atoms. The summed E-state index contributed by atoms with van der Waals surface area (Å²) >= 11 is 7.26. The molecule has 1 atom stereocenters. The lowest BCUT2D eigenvalue weighted by molar-refractivity contribution is -0.119. The van der Waals surface area contributed by atoms with E-state index in [-0.39, 0.29) is 11.9 Å². The predicted molar refractivity (Wildman–Crippen MR) is 79.9 cm³/mol. The molecule has 2 aromatic rings. The quantitative estimate of drug-likeness (QED) is 0.803. The van der Waals surface area contributed by atoms with Crippen molar-refractivity contribution in [2.45, 2.75) is 24.5 Å². The van der Waals surface area contributed by atoms with Crippen molar-refractivity contribution in [1.82, 2.24) is 20.5 Å². The van der Waals surface area contributed by atoms with Gasteiger partial charge in [-0.3, -0.25) is 9.89 Å². The molecule has 0 radical (unpaired) electrons. The van der Waals surface area contributed by atoms with Gasteiger partial charge >= 0.3 is 0 Å². The van der Waals surface area contributed by atoms with Crippen LogP contribution in [0.15, 0.2) is 35.7 Å². The van der Waals surface area contributed by atoms with E-state index in [0.29, 0.717) is 15.9 Å². The Kier molecular flexibility index (Phi) is 5.43. The van der Waals surface area contributed by atoms with Crippen LogP contribution < -0.4 is 5.32 Å². The van der Waals surface area contributed by atoms with Gasteiger partial charge in [-0.15, -0.1) is 0 Å². The van der Waals surface area contributed by atoms with Crippen molar-refractivity contribution in [3.63, 3.8) is 0 Å². The summed E-state index contributed by atoms with van der Waals surface area (Å²) in [7, 11) is 0. The molecular formula is C13H15ClN4OS. The molecule has 2 N–H and O–H groups in total. The predicted octanol–water partition coefficient (Wildman–Crippen LogP) is 2.30. The van der Waals surface area contributed by atoms with Gasteiger partial charge in [0.1, 0.15) is 6.33 Å². The highest BCUT2D eigenvalue weighted by atomic mass is 35.5. The van der Waals surface area contributed by atoms with Crippen LogP contribution in [0, 0.1) is 0 Å². The highest BCUT2D eigenvalue weighted by Gasteiger charge is 2.09. The number of benzene rings is 1. The molecular weight excluding hydrogens is 296 g/mol. The Morgan fingerprint density at radius 2 is 2.40 bits per heavy atom. The van der Waals surface area contributed by atoms with Crippen molar-refractivity contribution in [2.24, 2.45) is 0 Å². The molecule has 0 aliphatic heterocycles. The van der Waals surface area contributed by atoms with Crippen molar-refractivity contribution in [2.75, 3.05) is 5.75 Å². The first kappa shape index (κ1) is 14.9. The highest BCUT2D eigenvalue weighted by Crippen LogP contribution is 2.13. The SMILES string of the molecule is CC(Cc1cccc(Cl)c1)NC(=O)CSc1ncn[nH]1. The van der Waals surface area contributed by atoms with Crippen LogP contribution in [0.25, 0.3) is 0 Å². The van der Waals surface area contributed by atoms with Crippen molar-refractivity contribution in [3.8, 4) is 0 Å². The van der Waals surface area contributed by atoms with Gasteiger partial charge in [-0.25, -0.2) is 4.98 Å². The summed E-state index contributed by atoms with van der Waals surface area (Å²) in [6.07, 6.45) is 2.17. The Labute approximate surface area is 126 Å². The number of H-pyrrole nitrogens is 1.